The van der Waals surface area contributed by atoms with Gasteiger partial charge in [0.25, 0.3) is 5.91 Å². The summed E-state index contributed by atoms with van der Waals surface area (Å²) in [7, 11) is 1.52. The molecule has 0 atom stereocenters. The number of hydrogen-bond acceptors (Lipinski definition) is 4. The number of carbonyl (C=O) groups is 2. The van der Waals surface area contributed by atoms with Crippen molar-refractivity contribution in [1.29, 1.82) is 0 Å². The van der Waals surface area contributed by atoms with Crippen molar-refractivity contribution < 1.29 is 9.59 Å². The van der Waals surface area contributed by atoms with Gasteiger partial charge in [0.1, 0.15) is 0 Å². The van der Waals surface area contributed by atoms with Crippen LogP contribution in [0.4, 0.5) is 11.4 Å². The number of benzene rings is 2. The van der Waals surface area contributed by atoms with E-state index in [-0.39, 0.29) is 11.4 Å². The number of allylic oxidation sites excluding steroid dienone is 1. The van der Waals surface area contributed by atoms with Gasteiger partial charge in [-0.05, 0) is 50.6 Å². The number of nitrogens with one attached hydrogen (secondary N) is 1. The molecule has 1 aliphatic carbocycles. The van der Waals surface area contributed by atoms with E-state index < -0.39 is 5.91 Å². The Labute approximate surface area is 165 Å². The second kappa shape index (κ2) is 8.21. The zero-order valence-electron chi connectivity index (χ0n) is 16.7. The summed E-state index contributed by atoms with van der Waals surface area (Å²) in [6, 6.07) is 13.4. The Balaban J connectivity index is 2.10. The fourth-order valence-electron chi connectivity index (χ4n) is 3.41. The van der Waals surface area contributed by atoms with E-state index in [1.165, 1.54) is 7.05 Å². The fourth-order valence-corrected chi connectivity index (χ4v) is 3.41. The second-order valence-corrected chi connectivity index (χ2v) is 6.65. The van der Waals surface area contributed by atoms with E-state index in [4.69, 9.17) is 4.99 Å². The predicted molar refractivity (Wildman–Crippen MR) is 114 cm³/mol. The Morgan fingerprint density at radius 3 is 2.36 bits per heavy atom. The zero-order valence-corrected chi connectivity index (χ0v) is 16.7. The molecule has 1 aliphatic rings. The van der Waals surface area contributed by atoms with Crippen LogP contribution in [-0.2, 0) is 4.79 Å². The number of anilines is 1. The lowest BCUT2D eigenvalue weighted by Crippen LogP contribution is -2.29. The third-order valence-electron chi connectivity index (χ3n) is 4.99. The largest absolute Gasteiger partial charge is 0.372 e. The van der Waals surface area contributed by atoms with Gasteiger partial charge in [-0.25, -0.2) is 4.99 Å². The summed E-state index contributed by atoms with van der Waals surface area (Å²) in [5.74, 6) is -0.677. The second-order valence-electron chi connectivity index (χ2n) is 6.65. The van der Waals surface area contributed by atoms with Crippen molar-refractivity contribution in [1.82, 2.24) is 5.32 Å². The topological polar surface area (TPSA) is 61.8 Å². The predicted octanol–water partition coefficient (Wildman–Crippen LogP) is 3.83. The van der Waals surface area contributed by atoms with Gasteiger partial charge in [0.05, 0.1) is 17.0 Å². The lowest BCUT2D eigenvalue weighted by Gasteiger charge is -2.22. The summed E-state index contributed by atoms with van der Waals surface area (Å²) in [4.78, 5) is 31.9. The highest BCUT2D eigenvalue weighted by Gasteiger charge is 2.27. The van der Waals surface area contributed by atoms with Gasteiger partial charge in [-0.3, -0.25) is 9.59 Å². The molecule has 3 rings (SSSR count). The van der Waals surface area contributed by atoms with Gasteiger partial charge in [0.2, 0.25) is 0 Å². The molecule has 2 aromatic carbocycles. The Hall–Kier alpha value is -3.21. The maximum atomic E-state index is 12.7. The fraction of sp³-hybridized carbons (Fsp3) is 0.261. The number of Topliss-reactive ketones (excluding diaryl/α,β-unsaturated/α-hetero) is 1. The standard InChI is InChI=1S/C23H25N3O2/c1-5-26(6-2)16-11-12-20(15(3)13-16)25-21-14-19(23(28)24-4)22(27)18-10-8-7-9-17(18)21/h7-14H,5-6H2,1-4H3,(H,24,28)/b25-21+. The van der Waals surface area contributed by atoms with E-state index in [0.29, 0.717) is 11.3 Å². The average Bonchev–Trinajstić information content (AvgIpc) is 2.72. The summed E-state index contributed by atoms with van der Waals surface area (Å²) in [5.41, 5.74) is 4.99. The molecule has 144 valence electrons. The van der Waals surface area contributed by atoms with Crippen molar-refractivity contribution in [3.05, 3.63) is 70.8 Å². The number of carbonyl (C=O) groups excluding carboxylic acids is 2. The van der Waals surface area contributed by atoms with E-state index in [2.05, 4.69) is 36.2 Å². The molecular weight excluding hydrogens is 350 g/mol. The average molecular weight is 375 g/mol. The van der Waals surface area contributed by atoms with Crippen LogP contribution in [0, 0.1) is 6.92 Å². The van der Waals surface area contributed by atoms with Crippen LogP contribution >= 0.6 is 0 Å². The summed E-state index contributed by atoms with van der Waals surface area (Å²) in [5, 5.41) is 2.54. The van der Waals surface area contributed by atoms with Crippen LogP contribution in [0.3, 0.4) is 0 Å². The third kappa shape index (κ3) is 3.60. The van der Waals surface area contributed by atoms with Gasteiger partial charge in [0.15, 0.2) is 5.78 Å². The summed E-state index contributed by atoms with van der Waals surface area (Å²) < 4.78 is 0. The monoisotopic (exact) mass is 375 g/mol. The molecule has 0 heterocycles. The highest BCUT2D eigenvalue weighted by Crippen LogP contribution is 2.28. The Morgan fingerprint density at radius 2 is 1.75 bits per heavy atom. The third-order valence-corrected chi connectivity index (χ3v) is 4.99. The van der Waals surface area contributed by atoms with E-state index >= 15 is 0 Å². The van der Waals surface area contributed by atoms with Gasteiger partial charge in [0, 0.05) is 37.0 Å². The maximum absolute atomic E-state index is 12.7. The first-order chi connectivity index (χ1) is 13.5. The summed E-state index contributed by atoms with van der Waals surface area (Å²) >= 11 is 0. The molecule has 0 unspecified atom stereocenters. The van der Waals surface area contributed by atoms with E-state index in [1.807, 2.05) is 25.1 Å². The first-order valence-electron chi connectivity index (χ1n) is 9.52. The van der Waals surface area contributed by atoms with Crippen molar-refractivity contribution in [3.63, 3.8) is 0 Å². The highest BCUT2D eigenvalue weighted by atomic mass is 16.2. The molecule has 0 fully saturated rings. The molecule has 0 saturated heterocycles. The first kappa shape index (κ1) is 19.5. The van der Waals surface area contributed by atoms with Gasteiger partial charge in [-0.15, -0.1) is 0 Å². The minimum atomic E-state index is -0.402. The zero-order chi connectivity index (χ0) is 20.3. The quantitative estimate of drug-likeness (QED) is 0.808. The number of aryl methyl sites for hydroxylation is 1. The first-order valence-corrected chi connectivity index (χ1v) is 9.52. The van der Waals surface area contributed by atoms with Crippen LogP contribution < -0.4 is 10.2 Å². The van der Waals surface area contributed by atoms with Crippen LogP contribution in [0.1, 0.15) is 35.3 Å². The molecule has 1 N–H and O–H groups in total. The molecule has 5 heteroatoms. The molecule has 0 bridgehead atoms. The van der Waals surface area contributed by atoms with Crippen molar-refractivity contribution in [2.75, 3.05) is 25.0 Å². The Bertz CT molecular complexity index is 985. The number of likely N-dealkylation sites (N-methyl/N-ethyl adjacent to an activating group) is 1. The molecular formula is C23H25N3O2. The number of hydrogen-bond donors (Lipinski definition) is 1. The molecule has 0 radical (unpaired) electrons. The molecule has 0 spiro atoms. The van der Waals surface area contributed by atoms with Crippen molar-refractivity contribution in [2.24, 2.45) is 4.99 Å². The molecule has 28 heavy (non-hydrogen) atoms. The van der Waals surface area contributed by atoms with Crippen molar-refractivity contribution in [3.8, 4) is 0 Å². The van der Waals surface area contributed by atoms with Gasteiger partial charge in [-0.1, -0.05) is 24.3 Å². The Kier molecular flexibility index (Phi) is 5.73. The van der Waals surface area contributed by atoms with Crippen LogP contribution in [0.15, 0.2) is 59.1 Å². The Morgan fingerprint density at radius 1 is 1.07 bits per heavy atom. The van der Waals surface area contributed by atoms with Crippen LogP contribution in [0.25, 0.3) is 0 Å². The SMILES string of the molecule is CCN(CC)c1ccc(/N=C2\C=C(C(=O)NC)C(=O)c3ccccc32)c(C)c1. The molecule has 2 aromatic rings. The summed E-state index contributed by atoms with van der Waals surface area (Å²) in [6.07, 6.45) is 1.58. The minimum absolute atomic E-state index is 0.109. The number of rotatable bonds is 5. The van der Waals surface area contributed by atoms with Gasteiger partial charge < -0.3 is 10.2 Å². The van der Waals surface area contributed by atoms with Crippen molar-refractivity contribution in [2.45, 2.75) is 20.8 Å². The number of ketones is 1. The summed E-state index contributed by atoms with van der Waals surface area (Å²) in [6.45, 7) is 8.17. The molecule has 5 nitrogen and oxygen atoms in total. The van der Waals surface area contributed by atoms with Gasteiger partial charge >= 0.3 is 0 Å². The number of fused-ring (bicyclic) bond motifs is 1. The highest BCUT2D eigenvalue weighted by molar-refractivity contribution is 6.35. The maximum Gasteiger partial charge on any atom is 0.255 e. The lowest BCUT2D eigenvalue weighted by molar-refractivity contribution is -0.116. The molecule has 0 aliphatic heterocycles. The van der Waals surface area contributed by atoms with Crippen LogP contribution in [0.5, 0.6) is 0 Å². The lowest BCUT2D eigenvalue weighted by atomic mass is 9.88. The van der Waals surface area contributed by atoms with Crippen LogP contribution in [-0.4, -0.2) is 37.5 Å². The smallest absolute Gasteiger partial charge is 0.255 e. The van der Waals surface area contributed by atoms with Gasteiger partial charge in [-0.2, -0.15) is 0 Å². The molecule has 0 aromatic heterocycles. The molecule has 1 amide bonds. The van der Waals surface area contributed by atoms with Crippen molar-refractivity contribution >= 4 is 28.8 Å². The van der Waals surface area contributed by atoms with Crippen LogP contribution in [0.2, 0.25) is 0 Å². The number of nitrogens with zero attached hydrogens (tertiary/aromatic N) is 2. The van der Waals surface area contributed by atoms with E-state index in [1.54, 1.807) is 18.2 Å². The molecule has 0 saturated carbocycles. The minimum Gasteiger partial charge on any atom is -0.372 e. The number of aliphatic imine (C=N–C) groups is 1. The van der Waals surface area contributed by atoms with E-state index in [0.717, 1.165) is 35.6 Å². The van der Waals surface area contributed by atoms with E-state index in [9.17, 15) is 9.59 Å². The normalized spacial score (nSPS) is 14.5. The number of amides is 1.